The van der Waals surface area contributed by atoms with Crippen LogP contribution in [-0.2, 0) is 4.79 Å². The molecule has 6 nitrogen and oxygen atoms in total. The number of carbonyl (C=O) groups excluding carboxylic acids is 1. The van der Waals surface area contributed by atoms with Gasteiger partial charge in [-0.1, -0.05) is 11.3 Å². The van der Waals surface area contributed by atoms with Crippen molar-refractivity contribution >= 4 is 59.8 Å². The molecule has 1 amide bonds. The Morgan fingerprint density at radius 3 is 2.68 bits per heavy atom. The van der Waals surface area contributed by atoms with Crippen molar-refractivity contribution < 1.29 is 9.53 Å². The van der Waals surface area contributed by atoms with E-state index in [0.717, 1.165) is 42.0 Å². The van der Waals surface area contributed by atoms with Gasteiger partial charge in [-0.15, -0.1) is 11.3 Å². The van der Waals surface area contributed by atoms with E-state index in [0.29, 0.717) is 13.1 Å². The second kappa shape index (κ2) is 6.72. The molecule has 0 spiro atoms. The molecule has 1 N–H and O–H groups in total. The predicted octanol–water partition coefficient (Wildman–Crippen LogP) is 4.30. The minimum Gasteiger partial charge on any atom is -0.497 e. The predicted molar refractivity (Wildman–Crippen MR) is 115 cm³/mol. The zero-order chi connectivity index (χ0) is 19.3. The van der Waals surface area contributed by atoms with Gasteiger partial charge >= 0.3 is 0 Å². The Morgan fingerprint density at radius 2 is 1.86 bits per heavy atom. The fourth-order valence-corrected chi connectivity index (χ4v) is 5.09. The SMILES string of the molecule is COc1ccc2sc(N3CC(C(=O)Nc4ccc5sc(C)nc5c4)C3)nc2c1. The highest BCUT2D eigenvalue weighted by atomic mass is 32.1. The lowest BCUT2D eigenvalue weighted by atomic mass is 10.00. The van der Waals surface area contributed by atoms with Crippen LogP contribution in [0.2, 0.25) is 0 Å². The van der Waals surface area contributed by atoms with Gasteiger partial charge in [-0.05, 0) is 37.3 Å². The van der Waals surface area contributed by atoms with Gasteiger partial charge in [-0.3, -0.25) is 4.79 Å². The van der Waals surface area contributed by atoms with E-state index in [1.165, 1.54) is 0 Å². The molecule has 0 unspecified atom stereocenters. The fraction of sp³-hybridized carbons (Fsp3) is 0.250. The van der Waals surface area contributed by atoms with Crippen LogP contribution in [0.4, 0.5) is 10.8 Å². The van der Waals surface area contributed by atoms with Crippen molar-refractivity contribution in [2.45, 2.75) is 6.92 Å². The molecule has 2 aromatic carbocycles. The number of thiazole rings is 2. The molecule has 0 radical (unpaired) electrons. The monoisotopic (exact) mass is 410 g/mol. The Bertz CT molecular complexity index is 1190. The topological polar surface area (TPSA) is 67.3 Å². The maximum absolute atomic E-state index is 12.6. The van der Waals surface area contributed by atoms with E-state index < -0.39 is 0 Å². The van der Waals surface area contributed by atoms with Crippen molar-refractivity contribution in [3.8, 4) is 5.75 Å². The number of rotatable bonds is 4. The summed E-state index contributed by atoms with van der Waals surface area (Å²) in [4.78, 5) is 23.9. The van der Waals surface area contributed by atoms with Crippen LogP contribution < -0.4 is 15.0 Å². The average molecular weight is 411 g/mol. The quantitative estimate of drug-likeness (QED) is 0.543. The number of ether oxygens (including phenoxy) is 1. The molecule has 0 saturated carbocycles. The van der Waals surface area contributed by atoms with E-state index in [-0.39, 0.29) is 11.8 Å². The average Bonchev–Trinajstić information content (AvgIpc) is 3.21. The molecule has 4 aromatic rings. The summed E-state index contributed by atoms with van der Waals surface area (Å²) in [6, 6.07) is 11.8. The van der Waals surface area contributed by atoms with Crippen LogP contribution in [0.25, 0.3) is 20.4 Å². The third-order valence-electron chi connectivity index (χ3n) is 4.87. The van der Waals surface area contributed by atoms with Crippen LogP contribution >= 0.6 is 22.7 Å². The van der Waals surface area contributed by atoms with Crippen LogP contribution in [-0.4, -0.2) is 36.1 Å². The summed E-state index contributed by atoms with van der Waals surface area (Å²) in [6.45, 7) is 3.35. The number of carbonyl (C=O) groups is 1. The first-order valence-electron chi connectivity index (χ1n) is 8.96. The van der Waals surface area contributed by atoms with Crippen molar-refractivity contribution in [2.75, 3.05) is 30.4 Å². The highest BCUT2D eigenvalue weighted by Crippen LogP contribution is 2.34. The van der Waals surface area contributed by atoms with E-state index in [9.17, 15) is 4.79 Å². The Kier molecular flexibility index (Phi) is 4.17. The molecular formula is C20H18N4O2S2. The summed E-state index contributed by atoms with van der Waals surface area (Å²) in [5, 5.41) is 5.00. The normalized spacial score (nSPS) is 14.4. The number of nitrogens with zero attached hydrogens (tertiary/aromatic N) is 3. The van der Waals surface area contributed by atoms with Crippen LogP contribution in [0.5, 0.6) is 5.75 Å². The number of amides is 1. The van der Waals surface area contributed by atoms with Crippen molar-refractivity contribution in [3.63, 3.8) is 0 Å². The lowest BCUT2D eigenvalue weighted by molar-refractivity contribution is -0.120. The maximum atomic E-state index is 12.6. The zero-order valence-electron chi connectivity index (χ0n) is 15.4. The fourth-order valence-electron chi connectivity index (χ4n) is 3.32. The first-order valence-corrected chi connectivity index (χ1v) is 10.6. The van der Waals surface area contributed by atoms with Gasteiger partial charge < -0.3 is 15.0 Å². The molecule has 8 heteroatoms. The first kappa shape index (κ1) is 17.4. The van der Waals surface area contributed by atoms with Gasteiger partial charge in [0.25, 0.3) is 0 Å². The van der Waals surface area contributed by atoms with E-state index in [1.54, 1.807) is 29.8 Å². The van der Waals surface area contributed by atoms with Gasteiger partial charge in [-0.2, -0.15) is 0 Å². The Hall–Kier alpha value is -2.71. The Balaban J connectivity index is 1.25. The largest absolute Gasteiger partial charge is 0.497 e. The van der Waals surface area contributed by atoms with Crippen molar-refractivity contribution in [1.82, 2.24) is 9.97 Å². The molecule has 3 heterocycles. The van der Waals surface area contributed by atoms with Crippen LogP contribution in [0.3, 0.4) is 0 Å². The molecule has 0 atom stereocenters. The van der Waals surface area contributed by atoms with Crippen LogP contribution in [0.1, 0.15) is 5.01 Å². The lowest BCUT2D eigenvalue weighted by Gasteiger charge is -2.37. The lowest BCUT2D eigenvalue weighted by Crippen LogP contribution is -2.52. The van der Waals surface area contributed by atoms with E-state index in [2.05, 4.69) is 20.2 Å². The van der Waals surface area contributed by atoms with E-state index in [4.69, 9.17) is 4.74 Å². The number of nitrogens with one attached hydrogen (secondary N) is 1. The molecule has 1 fully saturated rings. The molecule has 142 valence electrons. The number of hydrogen-bond donors (Lipinski definition) is 1. The van der Waals surface area contributed by atoms with E-state index >= 15 is 0 Å². The molecular weight excluding hydrogens is 392 g/mol. The summed E-state index contributed by atoms with van der Waals surface area (Å²) in [5.74, 6) is 0.817. The molecule has 1 aliphatic rings. The summed E-state index contributed by atoms with van der Waals surface area (Å²) < 4.78 is 7.52. The molecule has 0 bridgehead atoms. The number of anilines is 2. The third-order valence-corrected chi connectivity index (χ3v) is 6.92. The number of aryl methyl sites for hydroxylation is 1. The maximum Gasteiger partial charge on any atom is 0.231 e. The molecule has 1 aliphatic heterocycles. The smallest absolute Gasteiger partial charge is 0.231 e. The Labute approximate surface area is 169 Å². The van der Waals surface area contributed by atoms with Gasteiger partial charge in [0.1, 0.15) is 5.75 Å². The summed E-state index contributed by atoms with van der Waals surface area (Å²) in [6.07, 6.45) is 0. The van der Waals surface area contributed by atoms with Gasteiger partial charge in [0.15, 0.2) is 5.13 Å². The van der Waals surface area contributed by atoms with Crippen LogP contribution in [0.15, 0.2) is 36.4 Å². The highest BCUT2D eigenvalue weighted by molar-refractivity contribution is 7.22. The molecule has 1 saturated heterocycles. The van der Waals surface area contributed by atoms with Crippen LogP contribution in [0, 0.1) is 12.8 Å². The number of methoxy groups -OCH3 is 1. The zero-order valence-corrected chi connectivity index (χ0v) is 17.1. The van der Waals surface area contributed by atoms with Gasteiger partial charge in [0.05, 0.1) is 38.5 Å². The second-order valence-electron chi connectivity index (χ2n) is 6.84. The molecule has 28 heavy (non-hydrogen) atoms. The molecule has 5 rings (SSSR count). The Morgan fingerprint density at radius 1 is 1.11 bits per heavy atom. The van der Waals surface area contributed by atoms with Crippen molar-refractivity contribution in [3.05, 3.63) is 41.4 Å². The van der Waals surface area contributed by atoms with Gasteiger partial charge in [-0.25, -0.2) is 9.97 Å². The first-order chi connectivity index (χ1) is 13.6. The number of hydrogen-bond acceptors (Lipinski definition) is 7. The summed E-state index contributed by atoms with van der Waals surface area (Å²) in [7, 11) is 1.65. The van der Waals surface area contributed by atoms with Crippen molar-refractivity contribution in [2.24, 2.45) is 5.92 Å². The van der Waals surface area contributed by atoms with Gasteiger partial charge in [0, 0.05) is 24.8 Å². The van der Waals surface area contributed by atoms with Gasteiger partial charge in [0.2, 0.25) is 5.91 Å². The second-order valence-corrected chi connectivity index (χ2v) is 9.08. The third kappa shape index (κ3) is 3.08. The summed E-state index contributed by atoms with van der Waals surface area (Å²) in [5.41, 5.74) is 2.66. The van der Waals surface area contributed by atoms with Crippen molar-refractivity contribution in [1.29, 1.82) is 0 Å². The summed E-state index contributed by atoms with van der Waals surface area (Å²) >= 11 is 3.30. The highest BCUT2D eigenvalue weighted by Gasteiger charge is 2.34. The molecule has 0 aliphatic carbocycles. The molecule has 2 aromatic heterocycles. The van der Waals surface area contributed by atoms with E-state index in [1.807, 2.05) is 43.3 Å². The minimum atomic E-state index is -0.0329. The number of fused-ring (bicyclic) bond motifs is 2. The standard InChI is InChI=1S/C20H18N4O2S2/c1-11-21-15-7-13(3-5-17(15)27-11)22-19(25)12-9-24(10-12)20-23-16-8-14(26-2)4-6-18(16)28-20/h3-8,12H,9-10H2,1-2H3,(H,22,25). The number of aromatic nitrogens is 2. The number of benzene rings is 2. The minimum absolute atomic E-state index is 0.0329.